The number of likely N-dealkylation sites (tertiary alicyclic amines) is 1. The molecule has 0 spiro atoms. The van der Waals surface area contributed by atoms with Crippen LogP contribution in [-0.4, -0.2) is 67.9 Å². The molecule has 1 atom stereocenters. The Balaban J connectivity index is 2.22. The van der Waals surface area contributed by atoms with Crippen molar-refractivity contribution in [3.63, 3.8) is 0 Å². The summed E-state index contributed by atoms with van der Waals surface area (Å²) >= 11 is 0. The summed E-state index contributed by atoms with van der Waals surface area (Å²) in [6.45, 7) is 9.69. The molecule has 134 valence electrons. The second kappa shape index (κ2) is 9.08. The number of alkyl carbamates (subject to hydrolysis) is 1. The fraction of sp³-hybridized carbons (Fsp3) is 0.875. The molecule has 1 aliphatic heterocycles. The van der Waals surface area contributed by atoms with Gasteiger partial charge in [-0.15, -0.1) is 0 Å². The van der Waals surface area contributed by atoms with Gasteiger partial charge in [-0.05, 0) is 40.5 Å². The van der Waals surface area contributed by atoms with E-state index >= 15 is 0 Å². The summed E-state index contributed by atoms with van der Waals surface area (Å²) in [6.07, 6.45) is 1.42. The number of nitrogens with zero attached hydrogens (tertiary/aromatic N) is 1. The fourth-order valence-corrected chi connectivity index (χ4v) is 2.52. The molecule has 0 saturated carbocycles. The van der Waals surface area contributed by atoms with Gasteiger partial charge in [0, 0.05) is 38.8 Å². The molecule has 0 radical (unpaired) electrons. The highest BCUT2D eigenvalue weighted by Crippen LogP contribution is 2.11. The second-order valence-corrected chi connectivity index (χ2v) is 7.04. The van der Waals surface area contributed by atoms with Gasteiger partial charge in [0.2, 0.25) is 5.91 Å². The van der Waals surface area contributed by atoms with Crippen molar-refractivity contribution in [2.75, 3.05) is 33.4 Å². The smallest absolute Gasteiger partial charge is 0.407 e. The lowest BCUT2D eigenvalue weighted by molar-refractivity contribution is -0.136. The third-order valence-corrected chi connectivity index (χ3v) is 3.59. The molecule has 1 heterocycles. The van der Waals surface area contributed by atoms with Crippen LogP contribution >= 0.6 is 0 Å². The first-order valence-corrected chi connectivity index (χ1v) is 8.21. The minimum atomic E-state index is -0.484. The van der Waals surface area contributed by atoms with E-state index in [0.717, 1.165) is 25.9 Å². The summed E-state index contributed by atoms with van der Waals surface area (Å²) in [5.41, 5.74) is -0.484. The van der Waals surface area contributed by atoms with Crippen molar-refractivity contribution in [3.8, 4) is 0 Å². The highest BCUT2D eigenvalue weighted by atomic mass is 16.6. The Labute approximate surface area is 139 Å². The molecule has 2 amide bonds. The average Bonchev–Trinajstić information content (AvgIpc) is 2.44. The van der Waals surface area contributed by atoms with Crippen LogP contribution in [0.3, 0.4) is 0 Å². The molecule has 1 rings (SSSR count). The van der Waals surface area contributed by atoms with Crippen LogP contribution in [0.15, 0.2) is 0 Å². The van der Waals surface area contributed by atoms with Gasteiger partial charge in [-0.1, -0.05) is 0 Å². The van der Waals surface area contributed by atoms with Crippen LogP contribution in [0.2, 0.25) is 0 Å². The highest BCUT2D eigenvalue weighted by molar-refractivity contribution is 5.77. The molecular formula is C16H31N3O4. The van der Waals surface area contributed by atoms with E-state index in [9.17, 15) is 9.59 Å². The molecule has 23 heavy (non-hydrogen) atoms. The van der Waals surface area contributed by atoms with Gasteiger partial charge in [0.25, 0.3) is 0 Å². The van der Waals surface area contributed by atoms with E-state index < -0.39 is 11.7 Å². The van der Waals surface area contributed by atoms with Gasteiger partial charge in [0.15, 0.2) is 0 Å². The first-order valence-electron chi connectivity index (χ1n) is 8.21. The lowest BCUT2D eigenvalue weighted by Crippen LogP contribution is -2.50. The molecule has 1 fully saturated rings. The fourth-order valence-electron chi connectivity index (χ4n) is 2.52. The Bertz CT molecular complexity index is 387. The number of nitrogens with one attached hydrogen (secondary N) is 2. The molecule has 7 nitrogen and oxygen atoms in total. The van der Waals surface area contributed by atoms with Crippen molar-refractivity contribution in [2.45, 2.75) is 58.2 Å². The van der Waals surface area contributed by atoms with Gasteiger partial charge in [-0.25, -0.2) is 4.79 Å². The minimum absolute atomic E-state index is 0.0468. The molecule has 0 bridgehead atoms. The maximum absolute atomic E-state index is 11.7. The average molecular weight is 329 g/mol. The van der Waals surface area contributed by atoms with Crippen LogP contribution in [0.4, 0.5) is 4.79 Å². The molecule has 2 N–H and O–H groups in total. The van der Waals surface area contributed by atoms with Crippen molar-refractivity contribution in [1.29, 1.82) is 0 Å². The number of hydrogen-bond donors (Lipinski definition) is 2. The predicted molar refractivity (Wildman–Crippen MR) is 88.3 cm³/mol. The number of carbonyl (C=O) groups is 2. The lowest BCUT2D eigenvalue weighted by Gasteiger charge is -2.34. The normalized spacial score (nSPS) is 17.7. The summed E-state index contributed by atoms with van der Waals surface area (Å²) < 4.78 is 10.1. The van der Waals surface area contributed by atoms with Gasteiger partial charge in [0.05, 0.1) is 0 Å². The Kier molecular flexibility index (Phi) is 7.78. The topological polar surface area (TPSA) is 79.9 Å². The van der Waals surface area contributed by atoms with Crippen LogP contribution < -0.4 is 10.6 Å². The first kappa shape index (κ1) is 19.7. The third kappa shape index (κ3) is 8.18. The van der Waals surface area contributed by atoms with E-state index in [-0.39, 0.29) is 18.6 Å². The molecule has 0 aliphatic carbocycles. The third-order valence-electron chi connectivity index (χ3n) is 3.59. The van der Waals surface area contributed by atoms with Crippen LogP contribution in [0.1, 0.15) is 40.5 Å². The molecule has 7 heteroatoms. The molecule has 0 aromatic rings. The number of carbonyl (C=O) groups excluding carboxylic acids is 2. The number of piperidine rings is 1. The first-order chi connectivity index (χ1) is 10.7. The van der Waals surface area contributed by atoms with E-state index in [0.29, 0.717) is 12.6 Å². The largest absolute Gasteiger partial charge is 0.444 e. The SMILES string of the molecule is COCC(=O)N1CCC(NC(C)CNC(=O)OC(C)(C)C)CC1. The molecular weight excluding hydrogens is 298 g/mol. The Hall–Kier alpha value is -1.34. The maximum Gasteiger partial charge on any atom is 0.407 e. The van der Waals surface area contributed by atoms with E-state index in [1.807, 2.05) is 32.6 Å². The van der Waals surface area contributed by atoms with E-state index in [1.165, 1.54) is 7.11 Å². The van der Waals surface area contributed by atoms with Crippen molar-refractivity contribution in [3.05, 3.63) is 0 Å². The zero-order valence-corrected chi connectivity index (χ0v) is 15.0. The number of rotatable bonds is 6. The summed E-state index contributed by atoms with van der Waals surface area (Å²) in [7, 11) is 1.53. The zero-order chi connectivity index (χ0) is 17.5. The number of ether oxygens (including phenoxy) is 2. The predicted octanol–water partition coefficient (Wildman–Crippen LogP) is 1.13. The van der Waals surface area contributed by atoms with Crippen LogP contribution in [0, 0.1) is 0 Å². The quantitative estimate of drug-likeness (QED) is 0.763. The Morgan fingerprint density at radius 2 is 1.87 bits per heavy atom. The van der Waals surface area contributed by atoms with Crippen molar-refractivity contribution in [1.82, 2.24) is 15.5 Å². The lowest BCUT2D eigenvalue weighted by atomic mass is 10.0. The van der Waals surface area contributed by atoms with E-state index in [1.54, 1.807) is 0 Å². The summed E-state index contributed by atoms with van der Waals surface area (Å²) in [4.78, 5) is 25.2. The molecule has 1 unspecified atom stereocenters. The van der Waals surface area contributed by atoms with Gasteiger partial charge in [0.1, 0.15) is 12.2 Å². The highest BCUT2D eigenvalue weighted by Gasteiger charge is 2.23. The molecule has 0 aromatic carbocycles. The van der Waals surface area contributed by atoms with Crippen molar-refractivity contribution < 1.29 is 19.1 Å². The van der Waals surface area contributed by atoms with Crippen LogP contribution in [-0.2, 0) is 14.3 Å². The Morgan fingerprint density at radius 1 is 1.26 bits per heavy atom. The summed E-state index contributed by atoms with van der Waals surface area (Å²) in [6, 6.07) is 0.505. The van der Waals surface area contributed by atoms with Crippen LogP contribution in [0.5, 0.6) is 0 Å². The molecule has 1 saturated heterocycles. The van der Waals surface area contributed by atoms with E-state index in [2.05, 4.69) is 10.6 Å². The maximum atomic E-state index is 11.7. The standard InChI is InChI=1S/C16H31N3O4/c1-12(10-17-15(21)23-16(2,3)4)18-13-6-8-19(9-7-13)14(20)11-22-5/h12-13,18H,6-11H2,1-5H3,(H,17,21). The minimum Gasteiger partial charge on any atom is -0.444 e. The summed E-state index contributed by atoms with van der Waals surface area (Å²) in [5, 5.41) is 6.26. The number of hydrogen-bond acceptors (Lipinski definition) is 5. The van der Waals surface area contributed by atoms with Gasteiger partial charge in [-0.2, -0.15) is 0 Å². The van der Waals surface area contributed by atoms with Crippen molar-refractivity contribution in [2.24, 2.45) is 0 Å². The number of amides is 2. The van der Waals surface area contributed by atoms with E-state index in [4.69, 9.17) is 9.47 Å². The molecule has 1 aliphatic rings. The van der Waals surface area contributed by atoms with Crippen molar-refractivity contribution >= 4 is 12.0 Å². The second-order valence-electron chi connectivity index (χ2n) is 7.04. The zero-order valence-electron chi connectivity index (χ0n) is 15.0. The van der Waals surface area contributed by atoms with Gasteiger partial charge < -0.3 is 25.0 Å². The summed E-state index contributed by atoms with van der Waals surface area (Å²) in [5.74, 6) is 0.0468. The van der Waals surface area contributed by atoms with Crippen LogP contribution in [0.25, 0.3) is 0 Å². The monoisotopic (exact) mass is 329 g/mol. The Morgan fingerprint density at radius 3 is 2.39 bits per heavy atom. The van der Waals surface area contributed by atoms with Gasteiger partial charge in [-0.3, -0.25) is 4.79 Å². The van der Waals surface area contributed by atoms with Gasteiger partial charge >= 0.3 is 6.09 Å². The molecule has 0 aromatic heterocycles. The number of methoxy groups -OCH3 is 1.